The second kappa shape index (κ2) is 7.89. The van der Waals surface area contributed by atoms with Crippen LogP contribution in [0.5, 0.6) is 5.75 Å². The lowest BCUT2D eigenvalue weighted by Gasteiger charge is -2.37. The average molecular weight is 347 g/mol. The summed E-state index contributed by atoms with van der Waals surface area (Å²) in [5.41, 5.74) is 0.488. The number of nitrogens with zero attached hydrogens (tertiary/aromatic N) is 1. The third-order valence-electron chi connectivity index (χ3n) is 4.15. The number of hydrogen-bond donors (Lipinski definition) is 0. The van der Waals surface area contributed by atoms with Crippen LogP contribution in [-0.4, -0.2) is 42.1 Å². The van der Waals surface area contributed by atoms with Crippen molar-refractivity contribution in [1.29, 1.82) is 0 Å². The van der Waals surface area contributed by atoms with Gasteiger partial charge in [-0.3, -0.25) is 0 Å². The van der Waals surface area contributed by atoms with Crippen LogP contribution in [0.2, 0.25) is 0 Å². The second-order valence-corrected chi connectivity index (χ2v) is 7.86. The Hall–Kier alpha value is -2.04. The van der Waals surface area contributed by atoms with Crippen LogP contribution in [0.4, 0.5) is 4.79 Å². The lowest BCUT2D eigenvalue weighted by atomic mass is 9.81. The topological polar surface area (TPSA) is 55.8 Å². The number of carbonyl (C=O) groups is 2. The van der Waals surface area contributed by atoms with Crippen molar-refractivity contribution in [1.82, 2.24) is 4.90 Å². The molecule has 0 spiro atoms. The Bertz CT molecular complexity index is 606. The summed E-state index contributed by atoms with van der Waals surface area (Å²) in [4.78, 5) is 25.6. The number of piperidine rings is 1. The highest BCUT2D eigenvalue weighted by atomic mass is 16.6. The van der Waals surface area contributed by atoms with Gasteiger partial charge in [0.15, 0.2) is 0 Å². The van der Waals surface area contributed by atoms with Gasteiger partial charge in [-0.05, 0) is 58.7 Å². The van der Waals surface area contributed by atoms with Gasteiger partial charge in [0.05, 0.1) is 6.10 Å². The zero-order valence-electron chi connectivity index (χ0n) is 15.8. The van der Waals surface area contributed by atoms with Crippen LogP contribution >= 0.6 is 0 Å². The summed E-state index contributed by atoms with van der Waals surface area (Å²) >= 11 is 0. The molecule has 25 heavy (non-hydrogen) atoms. The largest absolute Gasteiger partial charge is 0.491 e. The fraction of sp³-hybridized carbons (Fsp3) is 0.600. The van der Waals surface area contributed by atoms with Crippen molar-refractivity contribution in [2.24, 2.45) is 5.92 Å². The van der Waals surface area contributed by atoms with Crippen LogP contribution in [0, 0.1) is 5.92 Å². The third kappa shape index (κ3) is 5.48. The van der Waals surface area contributed by atoms with Crippen LogP contribution in [0.3, 0.4) is 0 Å². The van der Waals surface area contributed by atoms with E-state index < -0.39 is 5.60 Å². The van der Waals surface area contributed by atoms with Crippen LogP contribution in [-0.2, 0) is 9.53 Å². The van der Waals surface area contributed by atoms with Gasteiger partial charge in [0.2, 0.25) is 0 Å². The van der Waals surface area contributed by atoms with Crippen LogP contribution in [0.15, 0.2) is 24.3 Å². The van der Waals surface area contributed by atoms with Crippen molar-refractivity contribution in [3.8, 4) is 5.75 Å². The third-order valence-corrected chi connectivity index (χ3v) is 4.15. The number of hydrogen-bond acceptors (Lipinski definition) is 4. The first-order chi connectivity index (χ1) is 11.7. The first kappa shape index (κ1) is 19.3. The van der Waals surface area contributed by atoms with E-state index in [4.69, 9.17) is 9.47 Å². The molecule has 138 valence electrons. The molecule has 0 radical (unpaired) electrons. The van der Waals surface area contributed by atoms with Crippen molar-refractivity contribution in [2.75, 3.05) is 13.1 Å². The summed E-state index contributed by atoms with van der Waals surface area (Å²) in [7, 11) is 0. The summed E-state index contributed by atoms with van der Waals surface area (Å²) in [5.74, 6) is 0.633. The van der Waals surface area contributed by atoms with Gasteiger partial charge in [-0.15, -0.1) is 0 Å². The molecule has 0 bridgehead atoms. The van der Waals surface area contributed by atoms with E-state index in [2.05, 4.69) is 0 Å². The second-order valence-electron chi connectivity index (χ2n) is 7.86. The number of benzene rings is 1. The van der Waals surface area contributed by atoms with Gasteiger partial charge in [-0.2, -0.15) is 0 Å². The summed E-state index contributed by atoms with van der Waals surface area (Å²) < 4.78 is 11.2. The van der Waals surface area contributed by atoms with E-state index in [-0.39, 0.29) is 24.0 Å². The van der Waals surface area contributed by atoms with Crippen molar-refractivity contribution < 1.29 is 19.1 Å². The molecule has 1 aromatic carbocycles. The van der Waals surface area contributed by atoms with E-state index in [1.807, 2.05) is 58.9 Å². The molecule has 0 aliphatic carbocycles. The van der Waals surface area contributed by atoms with E-state index in [9.17, 15) is 9.59 Å². The molecule has 2 rings (SSSR count). The van der Waals surface area contributed by atoms with E-state index in [1.54, 1.807) is 4.90 Å². The van der Waals surface area contributed by atoms with E-state index in [0.717, 1.165) is 17.6 Å². The van der Waals surface area contributed by atoms with Crippen molar-refractivity contribution in [3.63, 3.8) is 0 Å². The van der Waals surface area contributed by atoms with E-state index in [1.165, 1.54) is 0 Å². The molecule has 1 fully saturated rings. The van der Waals surface area contributed by atoms with Crippen molar-refractivity contribution in [3.05, 3.63) is 29.8 Å². The smallest absolute Gasteiger partial charge is 0.410 e. The van der Waals surface area contributed by atoms with E-state index >= 15 is 0 Å². The number of rotatable bonds is 4. The lowest BCUT2D eigenvalue weighted by molar-refractivity contribution is -0.113. The summed E-state index contributed by atoms with van der Waals surface area (Å²) in [6.45, 7) is 10.5. The normalized spacial score (nSPS) is 21.1. The molecule has 5 heteroatoms. The first-order valence-electron chi connectivity index (χ1n) is 8.89. The Labute approximate surface area is 150 Å². The van der Waals surface area contributed by atoms with Gasteiger partial charge < -0.3 is 19.2 Å². The molecule has 1 heterocycles. The molecule has 0 aromatic heterocycles. The minimum Gasteiger partial charge on any atom is -0.491 e. The Morgan fingerprint density at radius 1 is 1.32 bits per heavy atom. The fourth-order valence-electron chi connectivity index (χ4n) is 3.07. The zero-order chi connectivity index (χ0) is 18.6. The summed E-state index contributed by atoms with van der Waals surface area (Å²) in [6.07, 6.45) is 1.41. The minimum atomic E-state index is -0.529. The highest BCUT2D eigenvalue weighted by Gasteiger charge is 2.34. The highest BCUT2D eigenvalue weighted by molar-refractivity contribution is 5.69. The molecule has 0 N–H and O–H groups in total. The first-order valence-corrected chi connectivity index (χ1v) is 8.89. The van der Waals surface area contributed by atoms with Crippen LogP contribution < -0.4 is 4.74 Å². The summed E-state index contributed by atoms with van der Waals surface area (Å²) in [5, 5.41) is 0. The van der Waals surface area contributed by atoms with Crippen LogP contribution in [0.25, 0.3) is 0 Å². The Morgan fingerprint density at radius 2 is 2.04 bits per heavy atom. The predicted molar refractivity (Wildman–Crippen MR) is 96.9 cm³/mol. The molecule has 2 atom stereocenters. The number of amides is 1. The van der Waals surface area contributed by atoms with Gasteiger partial charge in [-0.1, -0.05) is 12.1 Å². The molecule has 1 aliphatic heterocycles. The Morgan fingerprint density at radius 3 is 2.64 bits per heavy atom. The number of ether oxygens (including phenoxy) is 2. The monoisotopic (exact) mass is 347 g/mol. The molecule has 0 saturated carbocycles. The number of likely N-dealkylation sites (tertiary alicyclic amines) is 1. The van der Waals surface area contributed by atoms with Gasteiger partial charge >= 0.3 is 6.09 Å². The minimum absolute atomic E-state index is 0.0468. The molecule has 1 aliphatic rings. The Balaban J connectivity index is 2.18. The molecule has 1 aromatic rings. The Kier molecular flexibility index (Phi) is 6.09. The molecule has 1 saturated heterocycles. The maximum Gasteiger partial charge on any atom is 0.410 e. The lowest BCUT2D eigenvalue weighted by Crippen LogP contribution is -2.45. The van der Waals surface area contributed by atoms with Gasteiger partial charge in [0.25, 0.3) is 0 Å². The van der Waals surface area contributed by atoms with Gasteiger partial charge in [0.1, 0.15) is 17.6 Å². The molecule has 1 amide bonds. The molecule has 2 unspecified atom stereocenters. The fourth-order valence-corrected chi connectivity index (χ4v) is 3.07. The van der Waals surface area contributed by atoms with Gasteiger partial charge in [-0.25, -0.2) is 4.79 Å². The van der Waals surface area contributed by atoms with Gasteiger partial charge in [0, 0.05) is 24.9 Å². The standard InChI is InChI=1S/C20H29NO4/c1-14(2)24-17-8-6-7-15(11-17)18-12-21(10-9-16(18)13-22)19(23)25-20(3,4)5/h6-8,11,13-14,16,18H,9-10,12H2,1-5H3. The average Bonchev–Trinajstić information content (AvgIpc) is 2.52. The SMILES string of the molecule is CC(C)Oc1cccc(C2CN(C(=O)OC(C)(C)C)CCC2C=O)c1. The van der Waals surface area contributed by atoms with Crippen LogP contribution in [0.1, 0.15) is 52.5 Å². The maximum atomic E-state index is 12.4. The zero-order valence-corrected chi connectivity index (χ0v) is 15.8. The summed E-state index contributed by atoms with van der Waals surface area (Å²) in [6, 6.07) is 7.81. The van der Waals surface area contributed by atoms with Crippen molar-refractivity contribution >= 4 is 12.4 Å². The molecular formula is C20H29NO4. The molecular weight excluding hydrogens is 318 g/mol. The predicted octanol–water partition coefficient (Wildman–Crippen LogP) is 4.01. The number of carbonyl (C=O) groups excluding carboxylic acids is 2. The number of aldehydes is 1. The van der Waals surface area contributed by atoms with E-state index in [0.29, 0.717) is 19.5 Å². The molecule has 5 nitrogen and oxygen atoms in total. The highest BCUT2D eigenvalue weighted by Crippen LogP contribution is 2.33. The maximum absolute atomic E-state index is 12.4. The van der Waals surface area contributed by atoms with Crippen molar-refractivity contribution in [2.45, 2.75) is 58.7 Å². The quantitative estimate of drug-likeness (QED) is 0.772.